The van der Waals surface area contributed by atoms with E-state index in [2.05, 4.69) is 0 Å². The van der Waals surface area contributed by atoms with E-state index in [0.29, 0.717) is 6.42 Å². The summed E-state index contributed by atoms with van der Waals surface area (Å²) in [6, 6.07) is 18.0. The van der Waals surface area contributed by atoms with Crippen LogP contribution in [0.5, 0.6) is 0 Å². The number of rotatable bonds is 6. The van der Waals surface area contributed by atoms with E-state index in [4.69, 9.17) is 5.11 Å². The Bertz CT molecular complexity index is 575. The van der Waals surface area contributed by atoms with Crippen LogP contribution < -0.4 is 0 Å². The third-order valence-electron chi connectivity index (χ3n) is 3.73. The van der Waals surface area contributed by atoms with Crippen molar-refractivity contribution in [2.75, 3.05) is 0 Å². The summed E-state index contributed by atoms with van der Waals surface area (Å²) in [5.41, 5.74) is 3.23. The minimum Gasteiger partial charge on any atom is -0.481 e. The highest BCUT2D eigenvalue weighted by Gasteiger charge is 2.21. The lowest BCUT2D eigenvalue weighted by atomic mass is 9.88. The van der Waals surface area contributed by atoms with Crippen LogP contribution in [0.1, 0.15) is 31.2 Å². The maximum atomic E-state index is 10.7. The molecule has 2 rings (SSSR count). The van der Waals surface area contributed by atoms with E-state index in [0.717, 1.165) is 16.7 Å². The zero-order valence-corrected chi connectivity index (χ0v) is 12.1. The average Bonchev–Trinajstić information content (AvgIpc) is 2.49. The van der Waals surface area contributed by atoms with Crippen molar-refractivity contribution < 1.29 is 15.0 Å². The van der Waals surface area contributed by atoms with Gasteiger partial charge in [0, 0.05) is 5.92 Å². The molecule has 2 unspecified atom stereocenters. The molecule has 3 heteroatoms. The predicted molar refractivity (Wildman–Crippen MR) is 83.2 cm³/mol. The number of carboxylic acids is 1. The lowest BCUT2D eigenvalue weighted by molar-refractivity contribution is -0.139. The molecular weight excluding hydrogens is 264 g/mol. The summed E-state index contributed by atoms with van der Waals surface area (Å²) in [4.78, 5) is 10.7. The molecular formula is C18H20O3. The monoisotopic (exact) mass is 284 g/mol. The van der Waals surface area contributed by atoms with E-state index < -0.39 is 12.1 Å². The molecule has 2 aromatic rings. The Morgan fingerprint density at radius 3 is 2.10 bits per heavy atom. The molecule has 0 radical (unpaired) electrons. The lowest BCUT2D eigenvalue weighted by Gasteiger charge is -2.21. The highest BCUT2D eigenvalue weighted by molar-refractivity contribution is 5.67. The van der Waals surface area contributed by atoms with Gasteiger partial charge in [-0.15, -0.1) is 0 Å². The Kier molecular flexibility index (Phi) is 5.12. The van der Waals surface area contributed by atoms with Crippen LogP contribution in [0.15, 0.2) is 54.6 Å². The van der Waals surface area contributed by atoms with Gasteiger partial charge in [0.1, 0.15) is 0 Å². The van der Waals surface area contributed by atoms with E-state index in [9.17, 15) is 9.90 Å². The quantitative estimate of drug-likeness (QED) is 0.850. The largest absolute Gasteiger partial charge is 0.481 e. The van der Waals surface area contributed by atoms with Gasteiger partial charge in [-0.3, -0.25) is 4.79 Å². The van der Waals surface area contributed by atoms with Gasteiger partial charge in [-0.2, -0.15) is 0 Å². The fourth-order valence-electron chi connectivity index (χ4n) is 2.60. The molecule has 2 atom stereocenters. The molecule has 2 aromatic carbocycles. The lowest BCUT2D eigenvalue weighted by Crippen LogP contribution is -2.21. The molecule has 0 spiro atoms. The van der Waals surface area contributed by atoms with Crippen molar-refractivity contribution in [3.63, 3.8) is 0 Å². The van der Waals surface area contributed by atoms with Gasteiger partial charge in [0.25, 0.3) is 0 Å². The molecule has 21 heavy (non-hydrogen) atoms. The van der Waals surface area contributed by atoms with Crippen molar-refractivity contribution in [3.05, 3.63) is 60.2 Å². The number of carboxylic acid groups (broad SMARTS) is 1. The Hall–Kier alpha value is -2.13. The van der Waals surface area contributed by atoms with Gasteiger partial charge in [-0.25, -0.2) is 0 Å². The number of aliphatic carboxylic acids is 1. The standard InChI is InChI=1S/C18H20O3/c1-2-16(17(19)12-18(20)21)15-10-8-14(9-11-15)13-6-4-3-5-7-13/h3-11,16-17,19H,2,12H2,1H3,(H,20,21). The van der Waals surface area contributed by atoms with Gasteiger partial charge in [0.05, 0.1) is 12.5 Å². The number of aliphatic hydroxyl groups is 1. The van der Waals surface area contributed by atoms with E-state index in [1.807, 2.05) is 61.5 Å². The van der Waals surface area contributed by atoms with Gasteiger partial charge in [0.15, 0.2) is 0 Å². The van der Waals surface area contributed by atoms with Crippen LogP contribution >= 0.6 is 0 Å². The number of aliphatic hydroxyl groups excluding tert-OH is 1. The molecule has 0 aliphatic carbocycles. The van der Waals surface area contributed by atoms with Crippen LogP contribution in [0.4, 0.5) is 0 Å². The predicted octanol–water partition coefficient (Wildman–Crippen LogP) is 3.68. The Morgan fingerprint density at radius 1 is 1.00 bits per heavy atom. The number of carbonyl (C=O) groups is 1. The average molecular weight is 284 g/mol. The molecule has 0 amide bonds. The van der Waals surface area contributed by atoms with Gasteiger partial charge in [0.2, 0.25) is 0 Å². The summed E-state index contributed by atoms with van der Waals surface area (Å²) in [6.45, 7) is 1.96. The number of hydrogen-bond acceptors (Lipinski definition) is 2. The van der Waals surface area contributed by atoms with Crippen LogP contribution in [0.3, 0.4) is 0 Å². The minimum absolute atomic E-state index is 0.147. The van der Waals surface area contributed by atoms with Crippen LogP contribution in [0.25, 0.3) is 11.1 Å². The van der Waals surface area contributed by atoms with Crippen molar-refractivity contribution in [1.82, 2.24) is 0 Å². The summed E-state index contributed by atoms with van der Waals surface area (Å²) in [5, 5.41) is 18.8. The molecule has 110 valence electrons. The van der Waals surface area contributed by atoms with E-state index in [1.165, 1.54) is 0 Å². The third kappa shape index (κ3) is 3.92. The topological polar surface area (TPSA) is 57.5 Å². The van der Waals surface area contributed by atoms with E-state index in [1.54, 1.807) is 0 Å². The van der Waals surface area contributed by atoms with Gasteiger partial charge < -0.3 is 10.2 Å². The fourth-order valence-corrected chi connectivity index (χ4v) is 2.60. The Morgan fingerprint density at radius 2 is 1.57 bits per heavy atom. The molecule has 3 nitrogen and oxygen atoms in total. The van der Waals surface area contributed by atoms with Gasteiger partial charge in [-0.05, 0) is 23.1 Å². The summed E-state index contributed by atoms with van der Waals surface area (Å²) in [5.74, 6) is -1.12. The van der Waals surface area contributed by atoms with Crippen molar-refractivity contribution in [3.8, 4) is 11.1 Å². The summed E-state index contributed by atoms with van der Waals surface area (Å²) < 4.78 is 0. The highest BCUT2D eigenvalue weighted by Crippen LogP contribution is 2.28. The van der Waals surface area contributed by atoms with E-state index >= 15 is 0 Å². The zero-order chi connectivity index (χ0) is 15.2. The zero-order valence-electron chi connectivity index (χ0n) is 12.1. The second-order valence-corrected chi connectivity index (χ2v) is 5.17. The van der Waals surface area contributed by atoms with E-state index in [-0.39, 0.29) is 12.3 Å². The molecule has 0 bridgehead atoms. The second-order valence-electron chi connectivity index (χ2n) is 5.17. The maximum absolute atomic E-state index is 10.7. The SMILES string of the molecule is CCC(c1ccc(-c2ccccc2)cc1)C(O)CC(=O)O. The van der Waals surface area contributed by atoms with Gasteiger partial charge in [-0.1, -0.05) is 61.5 Å². The summed E-state index contributed by atoms with van der Waals surface area (Å²) in [6.07, 6.45) is -0.368. The summed E-state index contributed by atoms with van der Waals surface area (Å²) >= 11 is 0. The van der Waals surface area contributed by atoms with Crippen molar-refractivity contribution >= 4 is 5.97 Å². The molecule has 0 aromatic heterocycles. The van der Waals surface area contributed by atoms with Gasteiger partial charge >= 0.3 is 5.97 Å². The van der Waals surface area contributed by atoms with Crippen LogP contribution in [-0.2, 0) is 4.79 Å². The molecule has 2 N–H and O–H groups in total. The second kappa shape index (κ2) is 7.04. The Labute approximate surface area is 124 Å². The number of benzene rings is 2. The summed E-state index contributed by atoms with van der Waals surface area (Å²) in [7, 11) is 0. The molecule has 0 fully saturated rings. The smallest absolute Gasteiger partial charge is 0.305 e. The number of hydrogen-bond donors (Lipinski definition) is 2. The van der Waals surface area contributed by atoms with Crippen molar-refractivity contribution in [2.24, 2.45) is 0 Å². The van der Waals surface area contributed by atoms with Crippen molar-refractivity contribution in [1.29, 1.82) is 0 Å². The maximum Gasteiger partial charge on any atom is 0.305 e. The Balaban J connectivity index is 2.19. The molecule has 0 heterocycles. The molecule has 0 saturated heterocycles. The van der Waals surface area contributed by atoms with Crippen LogP contribution in [0, 0.1) is 0 Å². The van der Waals surface area contributed by atoms with Crippen LogP contribution in [-0.4, -0.2) is 22.3 Å². The molecule has 0 aliphatic heterocycles. The minimum atomic E-state index is -0.971. The normalized spacial score (nSPS) is 13.6. The first kappa shape index (κ1) is 15.3. The first-order valence-corrected chi connectivity index (χ1v) is 7.17. The van der Waals surface area contributed by atoms with Crippen LogP contribution in [0.2, 0.25) is 0 Å². The van der Waals surface area contributed by atoms with Crippen molar-refractivity contribution in [2.45, 2.75) is 31.8 Å². The fraction of sp³-hybridized carbons (Fsp3) is 0.278. The highest BCUT2D eigenvalue weighted by atomic mass is 16.4. The third-order valence-corrected chi connectivity index (χ3v) is 3.73. The molecule has 0 aliphatic rings. The first-order valence-electron chi connectivity index (χ1n) is 7.17. The molecule has 0 saturated carbocycles. The first-order chi connectivity index (χ1) is 10.1.